The number of thiazole rings is 1. The average Bonchev–Trinajstić information content (AvgIpc) is 2.69. The van der Waals surface area contributed by atoms with Gasteiger partial charge in [0.25, 0.3) is 5.56 Å². The van der Waals surface area contributed by atoms with E-state index in [4.69, 9.17) is 0 Å². The van der Waals surface area contributed by atoms with Gasteiger partial charge in [0.1, 0.15) is 10.4 Å². The van der Waals surface area contributed by atoms with Gasteiger partial charge in [0, 0.05) is 18.5 Å². The van der Waals surface area contributed by atoms with Crippen molar-refractivity contribution in [2.45, 2.75) is 20.8 Å². The van der Waals surface area contributed by atoms with Crippen LogP contribution in [0.15, 0.2) is 29.1 Å². The van der Waals surface area contributed by atoms with Crippen molar-refractivity contribution < 1.29 is 9.90 Å². The van der Waals surface area contributed by atoms with Crippen molar-refractivity contribution in [2.75, 3.05) is 0 Å². The average molecular weight is 317 g/mol. The molecule has 4 nitrogen and oxygen atoms in total. The standard InChI is InChI=1S/C17H19NO3S/c1-17(2,3)14(20)10-15-18(4)16(21)13(22-15)9-11-5-7-12(19)8-6-11/h5-10,19H,1-4H3/b13-9-,15-10+. The number of aromatic nitrogens is 1. The minimum absolute atomic E-state index is 0.0134. The van der Waals surface area contributed by atoms with Gasteiger partial charge in [-0.3, -0.25) is 9.59 Å². The number of Topliss-reactive ketones (excluding diaryl/α,β-unsaturated/α-hetero) is 1. The van der Waals surface area contributed by atoms with E-state index in [1.165, 1.54) is 22.0 Å². The number of phenols is 1. The molecule has 1 heterocycles. The topological polar surface area (TPSA) is 59.3 Å². The van der Waals surface area contributed by atoms with Gasteiger partial charge in [-0.25, -0.2) is 0 Å². The van der Waals surface area contributed by atoms with Crippen molar-refractivity contribution in [3.8, 4) is 5.75 Å². The maximum absolute atomic E-state index is 12.3. The number of rotatable bonds is 2. The van der Waals surface area contributed by atoms with Crippen molar-refractivity contribution in [1.82, 2.24) is 4.57 Å². The van der Waals surface area contributed by atoms with Gasteiger partial charge in [-0.2, -0.15) is 0 Å². The van der Waals surface area contributed by atoms with Crippen LogP contribution in [0.2, 0.25) is 0 Å². The van der Waals surface area contributed by atoms with Crippen LogP contribution in [-0.4, -0.2) is 15.5 Å². The van der Waals surface area contributed by atoms with E-state index in [1.54, 1.807) is 37.4 Å². The Hall–Kier alpha value is -2.14. The Morgan fingerprint density at radius 2 is 1.82 bits per heavy atom. The highest BCUT2D eigenvalue weighted by Gasteiger charge is 2.19. The molecule has 1 aromatic carbocycles. The fourth-order valence-corrected chi connectivity index (χ4v) is 2.79. The van der Waals surface area contributed by atoms with Crippen LogP contribution < -0.4 is 14.8 Å². The summed E-state index contributed by atoms with van der Waals surface area (Å²) in [4.78, 5) is 24.4. The number of hydrogen-bond donors (Lipinski definition) is 1. The Labute approximate surface area is 132 Å². The summed E-state index contributed by atoms with van der Waals surface area (Å²) < 4.78 is 2.68. The summed E-state index contributed by atoms with van der Waals surface area (Å²) >= 11 is 1.29. The van der Waals surface area contributed by atoms with Crippen LogP contribution in [0.1, 0.15) is 26.3 Å². The number of nitrogens with zero attached hydrogens (tertiary/aromatic N) is 1. The molecule has 0 saturated heterocycles. The first-order valence-electron chi connectivity index (χ1n) is 6.91. The number of phenolic OH excluding ortho intramolecular Hbond substituents is 1. The molecule has 2 aromatic rings. The molecule has 0 aliphatic heterocycles. The SMILES string of the molecule is Cn1c(=O)/c(=C/c2ccc(O)cc2)s/c1=C/C(=O)C(C)(C)C. The van der Waals surface area contributed by atoms with Crippen molar-refractivity contribution >= 4 is 29.3 Å². The number of carbonyl (C=O) groups excluding carboxylic acids is 1. The van der Waals surface area contributed by atoms with Crippen molar-refractivity contribution in [3.63, 3.8) is 0 Å². The van der Waals surface area contributed by atoms with Gasteiger partial charge in [0.2, 0.25) is 0 Å². The van der Waals surface area contributed by atoms with E-state index in [9.17, 15) is 14.7 Å². The summed E-state index contributed by atoms with van der Waals surface area (Å²) in [5.41, 5.74) is 0.220. The number of benzene rings is 1. The van der Waals surface area contributed by atoms with Crippen LogP contribution in [0.4, 0.5) is 0 Å². The highest BCUT2D eigenvalue weighted by Crippen LogP contribution is 2.14. The largest absolute Gasteiger partial charge is 0.508 e. The zero-order chi connectivity index (χ0) is 16.5. The van der Waals surface area contributed by atoms with Crippen LogP contribution in [0.5, 0.6) is 5.75 Å². The Balaban J connectivity index is 2.56. The summed E-state index contributed by atoms with van der Waals surface area (Å²) in [6.07, 6.45) is 3.28. The minimum atomic E-state index is -0.471. The van der Waals surface area contributed by atoms with Crippen LogP contribution >= 0.6 is 11.3 Å². The van der Waals surface area contributed by atoms with Gasteiger partial charge in [-0.1, -0.05) is 32.9 Å². The van der Waals surface area contributed by atoms with Gasteiger partial charge < -0.3 is 9.67 Å². The summed E-state index contributed by atoms with van der Waals surface area (Å²) in [5, 5.41) is 9.28. The van der Waals surface area contributed by atoms with E-state index >= 15 is 0 Å². The molecule has 0 fully saturated rings. The molecule has 0 saturated carbocycles. The van der Waals surface area contributed by atoms with Gasteiger partial charge in [0.05, 0.1) is 4.53 Å². The third kappa shape index (κ3) is 3.54. The van der Waals surface area contributed by atoms with Gasteiger partial charge in [-0.15, -0.1) is 11.3 Å². The normalized spacial score (nSPS) is 13.6. The molecule has 1 aromatic heterocycles. The van der Waals surface area contributed by atoms with Crippen LogP contribution in [0.25, 0.3) is 12.2 Å². The monoisotopic (exact) mass is 317 g/mol. The summed E-state index contributed by atoms with van der Waals surface area (Å²) in [6.45, 7) is 5.54. The smallest absolute Gasteiger partial charge is 0.268 e. The third-order valence-corrected chi connectivity index (χ3v) is 4.36. The predicted molar refractivity (Wildman–Crippen MR) is 89.4 cm³/mol. The van der Waals surface area contributed by atoms with Crippen molar-refractivity contribution in [2.24, 2.45) is 12.5 Å². The Morgan fingerprint density at radius 1 is 1.23 bits per heavy atom. The van der Waals surface area contributed by atoms with Crippen LogP contribution in [0, 0.1) is 5.41 Å². The van der Waals surface area contributed by atoms with E-state index in [0.29, 0.717) is 9.20 Å². The quantitative estimate of drug-likeness (QED) is 0.910. The molecule has 0 aliphatic carbocycles. The molecule has 22 heavy (non-hydrogen) atoms. The Morgan fingerprint density at radius 3 is 2.36 bits per heavy atom. The first-order chi connectivity index (χ1) is 10.2. The molecule has 2 rings (SSSR count). The number of hydrogen-bond acceptors (Lipinski definition) is 4. The van der Waals surface area contributed by atoms with E-state index in [-0.39, 0.29) is 17.1 Å². The summed E-state index contributed by atoms with van der Waals surface area (Å²) in [7, 11) is 1.66. The van der Waals surface area contributed by atoms with Gasteiger partial charge >= 0.3 is 0 Å². The molecule has 116 valence electrons. The fourth-order valence-electron chi connectivity index (χ4n) is 1.76. The Kier molecular flexibility index (Phi) is 4.37. The lowest BCUT2D eigenvalue weighted by Gasteiger charge is -2.12. The van der Waals surface area contributed by atoms with Gasteiger partial charge in [0.15, 0.2) is 5.78 Å². The van der Waals surface area contributed by atoms with E-state index in [2.05, 4.69) is 0 Å². The van der Waals surface area contributed by atoms with Gasteiger partial charge in [-0.05, 0) is 23.8 Å². The number of aromatic hydroxyl groups is 1. The van der Waals surface area contributed by atoms with Crippen LogP contribution in [-0.2, 0) is 11.8 Å². The highest BCUT2D eigenvalue weighted by atomic mass is 32.1. The summed E-state index contributed by atoms with van der Waals surface area (Å²) in [5.74, 6) is 0.168. The molecule has 0 bridgehead atoms. The number of carbonyl (C=O) groups is 1. The maximum atomic E-state index is 12.3. The molecular formula is C17H19NO3S. The predicted octanol–water partition coefficient (Wildman–Crippen LogP) is 1.38. The lowest BCUT2D eigenvalue weighted by atomic mass is 9.91. The van der Waals surface area contributed by atoms with Crippen LogP contribution in [0.3, 0.4) is 0 Å². The molecular weight excluding hydrogens is 298 g/mol. The first kappa shape index (κ1) is 16.2. The molecule has 0 amide bonds. The van der Waals surface area contributed by atoms with Crippen molar-refractivity contribution in [3.05, 3.63) is 49.4 Å². The molecule has 0 radical (unpaired) electrons. The summed E-state index contributed by atoms with van der Waals surface area (Å²) in [6, 6.07) is 6.61. The second kappa shape index (κ2) is 5.93. The fraction of sp³-hybridized carbons (Fsp3) is 0.294. The zero-order valence-corrected chi connectivity index (χ0v) is 13.9. The zero-order valence-electron chi connectivity index (χ0n) is 13.1. The molecule has 5 heteroatoms. The lowest BCUT2D eigenvalue weighted by molar-refractivity contribution is -0.120. The molecule has 0 atom stereocenters. The Bertz CT molecular complexity index is 865. The number of ketones is 1. The molecule has 1 N–H and O–H groups in total. The third-order valence-electron chi connectivity index (χ3n) is 3.25. The van der Waals surface area contributed by atoms with Crippen molar-refractivity contribution in [1.29, 1.82) is 0 Å². The second-order valence-electron chi connectivity index (χ2n) is 6.16. The first-order valence-corrected chi connectivity index (χ1v) is 7.73. The lowest BCUT2D eigenvalue weighted by Crippen LogP contribution is -2.30. The van der Waals surface area contributed by atoms with E-state index in [1.807, 2.05) is 20.8 Å². The molecule has 0 spiro atoms. The van der Waals surface area contributed by atoms with E-state index < -0.39 is 5.41 Å². The molecule has 0 aliphatic rings. The minimum Gasteiger partial charge on any atom is -0.508 e. The highest BCUT2D eigenvalue weighted by molar-refractivity contribution is 7.07. The second-order valence-corrected chi connectivity index (χ2v) is 7.23. The van der Waals surface area contributed by atoms with E-state index in [0.717, 1.165) is 5.56 Å². The maximum Gasteiger partial charge on any atom is 0.268 e. The molecule has 0 unspecified atom stereocenters.